The van der Waals surface area contributed by atoms with Crippen molar-refractivity contribution in [2.75, 3.05) is 6.61 Å². The van der Waals surface area contributed by atoms with E-state index in [0.717, 1.165) is 25.7 Å². The van der Waals surface area contributed by atoms with Gasteiger partial charge in [-0.15, -0.1) is 6.42 Å². The lowest BCUT2D eigenvalue weighted by molar-refractivity contribution is -0.00947. The lowest BCUT2D eigenvalue weighted by Crippen LogP contribution is -2.25. The van der Waals surface area contributed by atoms with Gasteiger partial charge in [0, 0.05) is 0 Å². The first-order valence-electron chi connectivity index (χ1n) is 7.47. The van der Waals surface area contributed by atoms with Gasteiger partial charge in [0.2, 0.25) is 0 Å². The van der Waals surface area contributed by atoms with Crippen LogP contribution in [0.3, 0.4) is 0 Å². The van der Waals surface area contributed by atoms with E-state index >= 15 is 0 Å². The number of hydrogen-bond acceptors (Lipinski definition) is 5. The lowest BCUT2D eigenvalue weighted by atomic mass is 10.1. The molecule has 1 aliphatic heterocycles. The summed E-state index contributed by atoms with van der Waals surface area (Å²) in [5, 5.41) is 9.20. The summed E-state index contributed by atoms with van der Waals surface area (Å²) in [5.41, 5.74) is -0.538. The summed E-state index contributed by atoms with van der Waals surface area (Å²) < 4.78 is 15.5. The molecule has 1 fully saturated rings. The molecule has 0 saturated carbocycles. The Morgan fingerprint density at radius 3 is 2.67 bits per heavy atom. The second-order valence-electron chi connectivity index (χ2n) is 6.31. The first kappa shape index (κ1) is 17.8. The zero-order chi connectivity index (χ0) is 15.9. The Bertz CT molecular complexity index is 366. The molecule has 1 saturated heterocycles. The average Bonchev–Trinajstić information content (AvgIpc) is 3.12. The Balaban J connectivity index is 1.98. The van der Waals surface area contributed by atoms with E-state index in [9.17, 15) is 9.90 Å². The van der Waals surface area contributed by atoms with Crippen LogP contribution in [-0.2, 0) is 14.2 Å². The fourth-order valence-corrected chi connectivity index (χ4v) is 1.95. The van der Waals surface area contributed by atoms with E-state index < -0.39 is 17.9 Å². The highest BCUT2D eigenvalue weighted by atomic mass is 16.7. The van der Waals surface area contributed by atoms with Gasteiger partial charge in [-0.3, -0.25) is 0 Å². The van der Waals surface area contributed by atoms with Gasteiger partial charge in [-0.2, -0.15) is 0 Å². The van der Waals surface area contributed by atoms with Crippen LogP contribution < -0.4 is 0 Å². The van der Waals surface area contributed by atoms with Gasteiger partial charge in [0.25, 0.3) is 0 Å². The van der Waals surface area contributed by atoms with E-state index in [1.807, 2.05) is 0 Å². The molecule has 0 aromatic rings. The van der Waals surface area contributed by atoms with Gasteiger partial charge >= 0.3 is 6.16 Å². The number of rotatable bonds is 8. The van der Waals surface area contributed by atoms with Crippen molar-refractivity contribution in [3.63, 3.8) is 0 Å². The number of epoxide rings is 1. The van der Waals surface area contributed by atoms with Gasteiger partial charge in [0.05, 0.1) is 6.10 Å². The summed E-state index contributed by atoms with van der Waals surface area (Å²) in [6.45, 7) is 5.63. The van der Waals surface area contributed by atoms with Crippen LogP contribution in [0.4, 0.5) is 4.79 Å². The summed E-state index contributed by atoms with van der Waals surface area (Å²) in [4.78, 5) is 11.3. The number of aliphatic hydroxyl groups is 1. The molecular formula is C16H26O5. The predicted molar refractivity (Wildman–Crippen MR) is 78.8 cm³/mol. The van der Waals surface area contributed by atoms with Gasteiger partial charge < -0.3 is 19.3 Å². The molecule has 1 N–H and O–H groups in total. The Labute approximate surface area is 127 Å². The highest BCUT2D eigenvalue weighted by molar-refractivity contribution is 5.60. The molecule has 0 radical (unpaired) electrons. The summed E-state index contributed by atoms with van der Waals surface area (Å²) in [7, 11) is 0. The molecule has 3 atom stereocenters. The molecule has 21 heavy (non-hydrogen) atoms. The fourth-order valence-electron chi connectivity index (χ4n) is 1.95. The smallest absolute Gasteiger partial charge is 0.431 e. The van der Waals surface area contributed by atoms with E-state index in [2.05, 4.69) is 5.92 Å². The zero-order valence-corrected chi connectivity index (χ0v) is 13.1. The molecule has 1 unspecified atom stereocenters. The van der Waals surface area contributed by atoms with Crippen LogP contribution in [0, 0.1) is 12.3 Å². The first-order valence-corrected chi connectivity index (χ1v) is 7.47. The molecule has 5 nitrogen and oxygen atoms in total. The van der Waals surface area contributed by atoms with Crippen LogP contribution in [0.2, 0.25) is 0 Å². The van der Waals surface area contributed by atoms with E-state index in [1.54, 1.807) is 20.8 Å². The molecule has 1 heterocycles. The minimum Gasteiger partial charge on any atom is -0.431 e. The third-order valence-corrected chi connectivity index (χ3v) is 3.10. The normalized spacial score (nSPS) is 22.2. The summed E-state index contributed by atoms with van der Waals surface area (Å²) in [6.07, 6.45) is 8.50. The maximum atomic E-state index is 11.3. The van der Waals surface area contributed by atoms with E-state index in [0.29, 0.717) is 6.42 Å². The topological polar surface area (TPSA) is 68.3 Å². The van der Waals surface area contributed by atoms with Gasteiger partial charge in [-0.25, -0.2) is 4.79 Å². The molecule has 1 aliphatic rings. The van der Waals surface area contributed by atoms with Gasteiger partial charge in [0.15, 0.2) is 0 Å². The van der Waals surface area contributed by atoms with Crippen LogP contribution in [0.25, 0.3) is 0 Å². The summed E-state index contributed by atoms with van der Waals surface area (Å²) in [5.74, 6) is 2.30. The molecule has 0 aromatic carbocycles. The SMILES string of the molecule is C#CC(O)CCCCC[C@@H]1O[C@H]1COC(=O)OC(C)(C)C. The zero-order valence-electron chi connectivity index (χ0n) is 13.1. The van der Waals surface area contributed by atoms with Crippen molar-refractivity contribution >= 4 is 6.16 Å². The van der Waals surface area contributed by atoms with Gasteiger partial charge in [0.1, 0.15) is 24.4 Å². The third kappa shape index (κ3) is 8.59. The number of hydrogen-bond donors (Lipinski definition) is 1. The van der Waals surface area contributed by atoms with Crippen LogP contribution in [0.5, 0.6) is 0 Å². The molecular weight excluding hydrogens is 272 g/mol. The molecule has 1 rings (SSSR count). The summed E-state index contributed by atoms with van der Waals surface area (Å²) >= 11 is 0. The van der Waals surface area contributed by atoms with Gasteiger partial charge in [-0.1, -0.05) is 18.8 Å². The third-order valence-electron chi connectivity index (χ3n) is 3.10. The van der Waals surface area contributed by atoms with Crippen molar-refractivity contribution in [1.29, 1.82) is 0 Å². The second kappa shape index (κ2) is 8.26. The largest absolute Gasteiger partial charge is 0.508 e. The van der Waals surface area contributed by atoms with E-state index in [1.165, 1.54) is 0 Å². The quantitative estimate of drug-likeness (QED) is 0.323. The average molecular weight is 298 g/mol. The van der Waals surface area contributed by atoms with Crippen LogP contribution in [-0.4, -0.2) is 41.8 Å². The number of carbonyl (C=O) groups is 1. The Morgan fingerprint density at radius 1 is 1.33 bits per heavy atom. The Hall–Kier alpha value is -1.25. The number of ether oxygens (including phenoxy) is 3. The van der Waals surface area contributed by atoms with Crippen LogP contribution in [0.1, 0.15) is 52.9 Å². The van der Waals surface area contributed by atoms with Crippen LogP contribution in [0.15, 0.2) is 0 Å². The number of carbonyl (C=O) groups excluding carboxylic acids is 1. The fraction of sp³-hybridized carbons (Fsp3) is 0.812. The van der Waals surface area contributed by atoms with Crippen molar-refractivity contribution in [2.24, 2.45) is 0 Å². The number of unbranched alkanes of at least 4 members (excludes halogenated alkanes) is 2. The first-order chi connectivity index (χ1) is 9.81. The highest BCUT2D eigenvalue weighted by Crippen LogP contribution is 2.28. The molecule has 0 bridgehead atoms. The van der Waals surface area contributed by atoms with Crippen LogP contribution >= 0.6 is 0 Å². The number of aliphatic hydroxyl groups excluding tert-OH is 1. The second-order valence-corrected chi connectivity index (χ2v) is 6.31. The molecule has 5 heteroatoms. The summed E-state index contributed by atoms with van der Waals surface area (Å²) in [6, 6.07) is 0. The lowest BCUT2D eigenvalue weighted by Gasteiger charge is -2.18. The molecule has 0 aliphatic carbocycles. The Morgan fingerprint density at radius 2 is 2.05 bits per heavy atom. The monoisotopic (exact) mass is 298 g/mol. The van der Waals surface area contributed by atoms with Crippen molar-refractivity contribution in [3.8, 4) is 12.3 Å². The maximum Gasteiger partial charge on any atom is 0.508 e. The molecule has 0 spiro atoms. The maximum absolute atomic E-state index is 11.3. The van der Waals surface area contributed by atoms with Crippen molar-refractivity contribution in [2.45, 2.75) is 76.8 Å². The van der Waals surface area contributed by atoms with E-state index in [4.69, 9.17) is 20.6 Å². The molecule has 0 aromatic heterocycles. The standard InChI is InChI=1S/C16H26O5/c1-5-12(17)9-7-6-8-10-13-14(20-13)11-19-15(18)21-16(2,3)4/h1,12-14,17H,6-11H2,2-4H3/t12?,13-,14-/m0/s1. The highest BCUT2D eigenvalue weighted by Gasteiger charge is 2.39. The minimum absolute atomic E-state index is 0.00572. The predicted octanol–water partition coefficient (Wildman–Crippen LogP) is 2.65. The molecule has 0 amide bonds. The van der Waals surface area contributed by atoms with Crippen molar-refractivity contribution in [1.82, 2.24) is 0 Å². The van der Waals surface area contributed by atoms with E-state index in [-0.39, 0.29) is 18.8 Å². The number of terminal acetylenes is 1. The Kier molecular flexibility index (Phi) is 7.00. The van der Waals surface area contributed by atoms with Crippen molar-refractivity contribution in [3.05, 3.63) is 0 Å². The molecule has 120 valence electrons. The van der Waals surface area contributed by atoms with Crippen molar-refractivity contribution < 1.29 is 24.1 Å². The van der Waals surface area contributed by atoms with Gasteiger partial charge in [-0.05, 0) is 40.0 Å². The minimum atomic E-state index is -0.653.